The Morgan fingerprint density at radius 1 is 1.37 bits per heavy atom. The van der Waals surface area contributed by atoms with Crippen LogP contribution in [0.15, 0.2) is 30.9 Å². The molecule has 0 bridgehead atoms. The molecule has 1 N–H and O–H groups in total. The van der Waals surface area contributed by atoms with E-state index >= 15 is 0 Å². The molecule has 0 heterocycles. The first-order valence-electron chi connectivity index (χ1n) is 7.36. The smallest absolute Gasteiger partial charge is 0.122 e. The van der Waals surface area contributed by atoms with Gasteiger partial charge in [0.1, 0.15) is 5.75 Å². The normalized spacial score (nSPS) is 25.7. The maximum absolute atomic E-state index is 5.60. The van der Waals surface area contributed by atoms with Crippen LogP contribution in [0.4, 0.5) is 0 Å². The molecule has 0 spiro atoms. The number of allylic oxidation sites excluding steroid dienone is 1. The summed E-state index contributed by atoms with van der Waals surface area (Å²) in [7, 11) is 1.78. The third kappa shape index (κ3) is 2.55. The molecule has 0 aliphatic heterocycles. The number of rotatable bonds is 5. The standard InChI is InChI=1S/C17H23NO/c1-3-5-14-15(18-13-9-10-13)11-8-12-6-4-7-16(19-2)17(12)14/h3-4,6-7,13-15,18H,1,5,8-11H2,2H3/t14-,15+/m1/s1. The van der Waals surface area contributed by atoms with E-state index < -0.39 is 0 Å². The van der Waals surface area contributed by atoms with Crippen LogP contribution >= 0.6 is 0 Å². The summed E-state index contributed by atoms with van der Waals surface area (Å²) in [6.45, 7) is 3.94. The Hall–Kier alpha value is -1.28. The minimum atomic E-state index is 0.512. The van der Waals surface area contributed by atoms with Crippen LogP contribution in [-0.4, -0.2) is 19.2 Å². The summed E-state index contributed by atoms with van der Waals surface area (Å²) in [4.78, 5) is 0. The molecule has 2 aliphatic rings. The quantitative estimate of drug-likeness (QED) is 0.816. The van der Waals surface area contributed by atoms with Crippen LogP contribution in [0.3, 0.4) is 0 Å². The Bertz CT molecular complexity index is 450. The lowest BCUT2D eigenvalue weighted by Crippen LogP contribution is -2.39. The lowest BCUT2D eigenvalue weighted by molar-refractivity contribution is 0.357. The van der Waals surface area contributed by atoms with Gasteiger partial charge in [0.05, 0.1) is 7.11 Å². The van der Waals surface area contributed by atoms with Crippen LogP contribution < -0.4 is 10.1 Å². The van der Waals surface area contributed by atoms with E-state index in [1.807, 2.05) is 6.08 Å². The monoisotopic (exact) mass is 257 g/mol. The van der Waals surface area contributed by atoms with Crippen molar-refractivity contribution in [3.63, 3.8) is 0 Å². The van der Waals surface area contributed by atoms with Crippen LogP contribution in [0.2, 0.25) is 0 Å². The number of hydrogen-bond acceptors (Lipinski definition) is 2. The molecule has 1 aromatic carbocycles. The highest BCUT2D eigenvalue weighted by atomic mass is 16.5. The molecule has 0 radical (unpaired) electrons. The fourth-order valence-electron chi connectivity index (χ4n) is 3.33. The molecule has 2 nitrogen and oxygen atoms in total. The van der Waals surface area contributed by atoms with E-state index in [0.29, 0.717) is 12.0 Å². The molecule has 2 aliphatic carbocycles. The largest absolute Gasteiger partial charge is 0.496 e. The van der Waals surface area contributed by atoms with Crippen LogP contribution in [0.5, 0.6) is 5.75 Å². The predicted octanol–water partition coefficient (Wildman–Crippen LogP) is 3.42. The van der Waals surface area contributed by atoms with Gasteiger partial charge in [-0.1, -0.05) is 18.2 Å². The topological polar surface area (TPSA) is 21.3 Å². The molecule has 0 saturated heterocycles. The molecule has 0 unspecified atom stereocenters. The van der Waals surface area contributed by atoms with Crippen molar-refractivity contribution in [3.8, 4) is 5.75 Å². The third-order valence-corrected chi connectivity index (χ3v) is 4.41. The van der Waals surface area contributed by atoms with Gasteiger partial charge in [0.25, 0.3) is 0 Å². The van der Waals surface area contributed by atoms with Crippen molar-refractivity contribution in [1.82, 2.24) is 5.32 Å². The zero-order valence-electron chi connectivity index (χ0n) is 11.7. The summed E-state index contributed by atoms with van der Waals surface area (Å²) in [6.07, 6.45) is 8.15. The predicted molar refractivity (Wildman–Crippen MR) is 78.8 cm³/mol. The highest BCUT2D eigenvalue weighted by molar-refractivity contribution is 5.46. The van der Waals surface area contributed by atoms with Crippen LogP contribution in [0.1, 0.15) is 42.7 Å². The molecule has 2 atom stereocenters. The van der Waals surface area contributed by atoms with Gasteiger partial charge in [-0.3, -0.25) is 0 Å². The van der Waals surface area contributed by atoms with E-state index in [1.54, 1.807) is 7.11 Å². The zero-order chi connectivity index (χ0) is 13.2. The lowest BCUT2D eigenvalue weighted by atomic mass is 9.77. The number of nitrogens with one attached hydrogen (secondary N) is 1. The van der Waals surface area contributed by atoms with Gasteiger partial charge in [-0.2, -0.15) is 0 Å². The zero-order valence-corrected chi connectivity index (χ0v) is 11.7. The third-order valence-electron chi connectivity index (χ3n) is 4.41. The van der Waals surface area contributed by atoms with Crippen molar-refractivity contribution in [2.75, 3.05) is 7.11 Å². The fraction of sp³-hybridized carbons (Fsp3) is 0.529. The molecular weight excluding hydrogens is 234 g/mol. The van der Waals surface area contributed by atoms with Crippen molar-refractivity contribution in [3.05, 3.63) is 42.0 Å². The van der Waals surface area contributed by atoms with Crippen LogP contribution in [-0.2, 0) is 6.42 Å². The Kier molecular flexibility index (Phi) is 3.61. The SMILES string of the molecule is C=CC[C@H]1c2c(cccc2OC)CC[C@@H]1NC1CC1. The van der Waals surface area contributed by atoms with E-state index in [1.165, 1.54) is 30.4 Å². The molecule has 19 heavy (non-hydrogen) atoms. The first kappa shape index (κ1) is 12.7. The van der Waals surface area contributed by atoms with Crippen molar-refractivity contribution in [2.45, 2.75) is 50.1 Å². The van der Waals surface area contributed by atoms with Gasteiger partial charge in [0.2, 0.25) is 0 Å². The number of methoxy groups -OCH3 is 1. The molecule has 3 rings (SSSR count). The maximum atomic E-state index is 5.60. The van der Waals surface area contributed by atoms with Crippen molar-refractivity contribution < 1.29 is 4.74 Å². The number of benzene rings is 1. The van der Waals surface area contributed by atoms with Gasteiger partial charge in [-0.05, 0) is 43.7 Å². The summed E-state index contributed by atoms with van der Waals surface area (Å²) in [6, 6.07) is 7.79. The van der Waals surface area contributed by atoms with Crippen molar-refractivity contribution >= 4 is 0 Å². The molecule has 2 heteroatoms. The minimum Gasteiger partial charge on any atom is -0.496 e. The van der Waals surface area contributed by atoms with Crippen molar-refractivity contribution in [2.24, 2.45) is 0 Å². The molecule has 0 aromatic heterocycles. The summed E-state index contributed by atoms with van der Waals surface area (Å²) < 4.78 is 5.60. The molecule has 1 aromatic rings. The highest BCUT2D eigenvalue weighted by Crippen LogP contribution is 2.41. The number of aryl methyl sites for hydroxylation is 1. The molecule has 0 amide bonds. The number of fused-ring (bicyclic) bond motifs is 1. The first-order chi connectivity index (χ1) is 9.33. The number of ether oxygens (including phenoxy) is 1. The molecule has 102 valence electrons. The second kappa shape index (κ2) is 5.38. The Morgan fingerprint density at radius 2 is 2.21 bits per heavy atom. The fourth-order valence-corrected chi connectivity index (χ4v) is 3.33. The van der Waals surface area contributed by atoms with Crippen LogP contribution in [0.25, 0.3) is 0 Å². The molecular formula is C17H23NO. The van der Waals surface area contributed by atoms with Gasteiger partial charge < -0.3 is 10.1 Å². The first-order valence-corrected chi connectivity index (χ1v) is 7.36. The van der Waals surface area contributed by atoms with Gasteiger partial charge in [0.15, 0.2) is 0 Å². The van der Waals surface area contributed by atoms with E-state index in [4.69, 9.17) is 4.74 Å². The summed E-state index contributed by atoms with van der Waals surface area (Å²) in [5, 5.41) is 3.82. The lowest BCUT2D eigenvalue weighted by Gasteiger charge is -2.35. The van der Waals surface area contributed by atoms with E-state index in [-0.39, 0.29) is 0 Å². The number of hydrogen-bond donors (Lipinski definition) is 1. The van der Waals surface area contributed by atoms with Gasteiger partial charge in [-0.25, -0.2) is 0 Å². The van der Waals surface area contributed by atoms with E-state index in [0.717, 1.165) is 24.6 Å². The van der Waals surface area contributed by atoms with Gasteiger partial charge in [0, 0.05) is 23.6 Å². The Balaban J connectivity index is 1.93. The summed E-state index contributed by atoms with van der Waals surface area (Å²) in [5.41, 5.74) is 2.87. The molecule has 1 saturated carbocycles. The second-order valence-corrected chi connectivity index (χ2v) is 5.75. The molecule has 1 fully saturated rings. The van der Waals surface area contributed by atoms with Crippen molar-refractivity contribution in [1.29, 1.82) is 0 Å². The van der Waals surface area contributed by atoms with Crippen LogP contribution in [0, 0.1) is 0 Å². The summed E-state index contributed by atoms with van der Waals surface area (Å²) in [5.74, 6) is 1.56. The Labute approximate surface area is 115 Å². The average molecular weight is 257 g/mol. The maximum Gasteiger partial charge on any atom is 0.122 e. The van der Waals surface area contributed by atoms with E-state index in [9.17, 15) is 0 Å². The van der Waals surface area contributed by atoms with E-state index in [2.05, 4.69) is 30.1 Å². The summed E-state index contributed by atoms with van der Waals surface area (Å²) >= 11 is 0. The van der Waals surface area contributed by atoms with Gasteiger partial charge >= 0.3 is 0 Å². The average Bonchev–Trinajstić information content (AvgIpc) is 3.24. The van der Waals surface area contributed by atoms with Gasteiger partial charge in [-0.15, -0.1) is 6.58 Å². The second-order valence-electron chi connectivity index (χ2n) is 5.75. The highest BCUT2D eigenvalue weighted by Gasteiger charge is 2.34. The Morgan fingerprint density at radius 3 is 2.89 bits per heavy atom. The minimum absolute atomic E-state index is 0.512.